The topological polar surface area (TPSA) is 0 Å². The van der Waals surface area contributed by atoms with Crippen molar-refractivity contribution in [1.29, 1.82) is 0 Å². The fourth-order valence-corrected chi connectivity index (χ4v) is 10.6. The first-order chi connectivity index (χ1) is 4.30. The molecule has 2 unspecified atom stereocenters. The summed E-state index contributed by atoms with van der Waals surface area (Å²) in [4.78, 5) is 0. The normalized spacial score (nSPS) is 27.2. The minimum absolute atomic E-state index is 0.823. The first kappa shape index (κ1) is 8.30. The summed E-state index contributed by atoms with van der Waals surface area (Å²) in [6, 6.07) is 0. The van der Waals surface area contributed by atoms with Gasteiger partial charge >= 0.3 is 0 Å². The zero-order valence-electron chi connectivity index (χ0n) is 5.55. The van der Waals surface area contributed by atoms with Crippen molar-refractivity contribution >= 4 is 42.9 Å². The molecule has 2 atom stereocenters. The van der Waals surface area contributed by atoms with Crippen LogP contribution in [-0.4, -0.2) is 10.6 Å². The Hall–Kier alpha value is 1.20. The lowest BCUT2D eigenvalue weighted by Crippen LogP contribution is -1.95. The molecule has 0 nitrogen and oxygen atoms in total. The van der Waals surface area contributed by atoms with Crippen LogP contribution in [-0.2, 0) is 0 Å². The summed E-state index contributed by atoms with van der Waals surface area (Å²) in [5.74, 6) is 0.823. The molecule has 1 heterocycles. The molecule has 9 heavy (non-hydrogen) atoms. The van der Waals surface area contributed by atoms with Gasteiger partial charge < -0.3 is 0 Å². The Kier molecular flexibility index (Phi) is 3.83. The van der Waals surface area contributed by atoms with E-state index in [1.165, 1.54) is 16.2 Å². The van der Waals surface area contributed by atoms with Gasteiger partial charge in [-0.25, -0.2) is 0 Å². The summed E-state index contributed by atoms with van der Waals surface area (Å²) in [6.07, 6.45) is 0. The van der Waals surface area contributed by atoms with Crippen molar-refractivity contribution in [3.05, 3.63) is 0 Å². The fourth-order valence-electron chi connectivity index (χ4n) is 0.535. The SMILES string of the molecule is CC(C)C1=PC=PPP1. The Morgan fingerprint density at radius 3 is 2.67 bits per heavy atom. The third-order valence-corrected chi connectivity index (χ3v) is 9.93. The molecule has 1 rings (SSSR count). The lowest BCUT2D eigenvalue weighted by molar-refractivity contribution is 0.915. The molecular formula is C5H10P4. The van der Waals surface area contributed by atoms with Crippen LogP contribution in [0, 0.1) is 5.92 Å². The summed E-state index contributed by atoms with van der Waals surface area (Å²) in [6.45, 7) is 4.60. The Bertz CT molecular complexity index is 147. The predicted molar refractivity (Wildman–Crippen MR) is 56.4 cm³/mol. The number of hydrogen-bond donors (Lipinski definition) is 0. The predicted octanol–water partition coefficient (Wildman–Crippen LogP) is 3.63. The first-order valence-electron chi connectivity index (χ1n) is 2.91. The summed E-state index contributed by atoms with van der Waals surface area (Å²) in [5.41, 5.74) is 2.38. The summed E-state index contributed by atoms with van der Waals surface area (Å²) in [7, 11) is 5.44. The second kappa shape index (κ2) is 4.16. The Balaban J connectivity index is 2.57. The third kappa shape index (κ3) is 2.74. The second-order valence-electron chi connectivity index (χ2n) is 2.15. The highest BCUT2D eigenvalue weighted by atomic mass is 32.4. The maximum Gasteiger partial charge on any atom is -0.00663 e. The minimum Gasteiger partial charge on any atom is -0.0696 e. The standard InChI is InChI=1S/C5H10P4/c1-4(2)5-6-3-7-9-8-5/h3-4,8-9H,1-2H3. The van der Waals surface area contributed by atoms with Crippen LogP contribution in [0.15, 0.2) is 0 Å². The van der Waals surface area contributed by atoms with Crippen LogP contribution in [0.4, 0.5) is 0 Å². The van der Waals surface area contributed by atoms with Crippen LogP contribution in [0.5, 0.6) is 0 Å². The zero-order chi connectivity index (χ0) is 6.69. The van der Waals surface area contributed by atoms with Crippen molar-refractivity contribution in [1.82, 2.24) is 0 Å². The average molecular weight is 194 g/mol. The second-order valence-corrected chi connectivity index (χ2v) is 9.71. The molecule has 0 spiro atoms. The van der Waals surface area contributed by atoms with Crippen LogP contribution in [0.2, 0.25) is 0 Å². The highest BCUT2D eigenvalue weighted by Gasteiger charge is 2.03. The van der Waals surface area contributed by atoms with Crippen LogP contribution in [0.3, 0.4) is 0 Å². The third-order valence-electron chi connectivity index (χ3n) is 1.05. The molecule has 0 aromatic heterocycles. The van der Waals surface area contributed by atoms with Crippen molar-refractivity contribution < 1.29 is 0 Å². The quantitative estimate of drug-likeness (QED) is 0.559. The van der Waals surface area contributed by atoms with E-state index in [-0.39, 0.29) is 0 Å². The average Bonchev–Trinajstić information content (AvgIpc) is 1.90. The van der Waals surface area contributed by atoms with Crippen molar-refractivity contribution in [2.24, 2.45) is 5.92 Å². The maximum atomic E-state index is 2.38. The molecule has 0 saturated heterocycles. The van der Waals surface area contributed by atoms with Gasteiger partial charge in [0, 0.05) is 0 Å². The smallest absolute Gasteiger partial charge is 0.00663 e. The highest BCUT2D eigenvalue weighted by Crippen LogP contribution is 2.54. The highest BCUT2D eigenvalue weighted by molar-refractivity contribution is 8.50. The monoisotopic (exact) mass is 194 g/mol. The van der Waals surface area contributed by atoms with E-state index in [2.05, 4.69) is 19.4 Å². The first-order valence-corrected chi connectivity index (χ1v) is 8.68. The van der Waals surface area contributed by atoms with Gasteiger partial charge in [0.05, 0.1) is 0 Å². The van der Waals surface area contributed by atoms with E-state index >= 15 is 0 Å². The van der Waals surface area contributed by atoms with Gasteiger partial charge in [-0.1, -0.05) is 38.2 Å². The van der Waals surface area contributed by atoms with Gasteiger partial charge in [0.2, 0.25) is 0 Å². The summed E-state index contributed by atoms with van der Waals surface area (Å²) >= 11 is 0. The van der Waals surface area contributed by atoms with Crippen LogP contribution in [0.25, 0.3) is 0 Å². The zero-order valence-corrected chi connectivity index (χ0v) is 9.34. The molecule has 0 aromatic rings. The maximum absolute atomic E-state index is 2.38. The van der Waals surface area contributed by atoms with Gasteiger partial charge in [-0.3, -0.25) is 0 Å². The van der Waals surface area contributed by atoms with E-state index in [1.54, 1.807) is 12.9 Å². The Morgan fingerprint density at radius 1 is 1.56 bits per heavy atom. The van der Waals surface area contributed by atoms with Gasteiger partial charge in [-0.05, 0) is 24.4 Å². The lowest BCUT2D eigenvalue weighted by Gasteiger charge is -2.10. The van der Waals surface area contributed by atoms with E-state index in [0.717, 1.165) is 14.2 Å². The molecular weight excluding hydrogens is 184 g/mol. The van der Waals surface area contributed by atoms with Crippen LogP contribution < -0.4 is 0 Å². The van der Waals surface area contributed by atoms with Gasteiger partial charge in [-0.15, -0.1) is 0 Å². The van der Waals surface area contributed by atoms with Crippen molar-refractivity contribution in [3.8, 4) is 0 Å². The van der Waals surface area contributed by atoms with Crippen LogP contribution in [0.1, 0.15) is 13.8 Å². The molecule has 0 N–H and O–H groups in total. The van der Waals surface area contributed by atoms with E-state index in [9.17, 15) is 0 Å². The van der Waals surface area contributed by atoms with Gasteiger partial charge in [0.25, 0.3) is 0 Å². The fraction of sp³-hybridized carbons (Fsp3) is 0.600. The van der Waals surface area contributed by atoms with Gasteiger partial charge in [0.15, 0.2) is 0 Å². The van der Waals surface area contributed by atoms with E-state index in [4.69, 9.17) is 0 Å². The lowest BCUT2D eigenvalue weighted by atomic mass is 10.3. The number of hydrogen-bond acceptors (Lipinski definition) is 0. The largest absolute Gasteiger partial charge is 0.0696 e. The summed E-state index contributed by atoms with van der Waals surface area (Å²) < 4.78 is 0. The van der Waals surface area contributed by atoms with Crippen molar-refractivity contribution in [2.75, 3.05) is 0 Å². The molecule has 1 aliphatic heterocycles. The molecule has 4 heteroatoms. The Labute approximate surface area is 63.2 Å². The minimum atomic E-state index is 0.823. The number of rotatable bonds is 1. The molecule has 0 aromatic carbocycles. The molecule has 0 saturated carbocycles. The Morgan fingerprint density at radius 2 is 2.33 bits per heavy atom. The molecule has 50 valence electrons. The molecule has 1 aliphatic rings. The van der Waals surface area contributed by atoms with Crippen LogP contribution >= 0.6 is 32.3 Å². The molecule has 0 radical (unpaired) electrons. The van der Waals surface area contributed by atoms with Gasteiger partial charge in [0.1, 0.15) is 0 Å². The molecule has 0 aliphatic carbocycles. The van der Waals surface area contributed by atoms with E-state index in [1.807, 2.05) is 0 Å². The van der Waals surface area contributed by atoms with Crippen molar-refractivity contribution in [2.45, 2.75) is 13.8 Å². The van der Waals surface area contributed by atoms with E-state index in [0.29, 0.717) is 0 Å². The van der Waals surface area contributed by atoms with Crippen molar-refractivity contribution in [3.63, 3.8) is 0 Å². The summed E-state index contributed by atoms with van der Waals surface area (Å²) in [5, 5.41) is 1.76. The van der Waals surface area contributed by atoms with Gasteiger partial charge in [-0.2, -0.15) is 0 Å². The van der Waals surface area contributed by atoms with E-state index < -0.39 is 0 Å². The molecule has 0 bridgehead atoms. The molecule has 0 amide bonds. The molecule has 0 fully saturated rings.